The number of hydrogen-bond acceptors (Lipinski definition) is 4. The van der Waals surface area contributed by atoms with Crippen molar-refractivity contribution in [2.45, 2.75) is 83.8 Å². The average Bonchev–Trinajstić information content (AvgIpc) is 2.90. The Hall–Kier alpha value is -2.17. The molecule has 1 saturated carbocycles. The Morgan fingerprint density at radius 3 is 2.18 bits per heavy atom. The first kappa shape index (κ1) is 20.6. The zero-order valence-electron chi connectivity index (χ0n) is 17.2. The van der Waals surface area contributed by atoms with Crippen LogP contribution in [0, 0.1) is 5.92 Å². The number of carbonyl (C=O) groups excluding carboxylic acids is 3. The molecule has 152 valence electrons. The second kappa shape index (κ2) is 8.46. The van der Waals surface area contributed by atoms with Gasteiger partial charge < -0.3 is 4.74 Å². The van der Waals surface area contributed by atoms with E-state index in [2.05, 4.69) is 0 Å². The maximum atomic E-state index is 13.0. The van der Waals surface area contributed by atoms with E-state index in [1.807, 2.05) is 20.8 Å². The van der Waals surface area contributed by atoms with Gasteiger partial charge in [-0.15, -0.1) is 0 Å². The van der Waals surface area contributed by atoms with Gasteiger partial charge in [-0.25, -0.2) is 0 Å². The van der Waals surface area contributed by atoms with Crippen molar-refractivity contribution in [2.24, 2.45) is 5.92 Å². The Morgan fingerprint density at radius 2 is 1.64 bits per heavy atom. The minimum Gasteiger partial charge on any atom is -0.460 e. The van der Waals surface area contributed by atoms with Gasteiger partial charge in [-0.3, -0.25) is 19.3 Å². The molecule has 0 radical (unpaired) electrons. The van der Waals surface area contributed by atoms with Crippen LogP contribution in [0.1, 0.15) is 92.9 Å². The number of ether oxygens (including phenoxy) is 1. The standard InChI is InChI=1S/C23H31NO4/c1-23(2,3)28-20(25)15-9-14-19(16-10-5-4-6-11-16)24-21(26)17-12-7-8-13-18(17)22(24)27/h7-8,12-13,16,19H,4-6,9-11,14-15H2,1-3H3. The summed E-state index contributed by atoms with van der Waals surface area (Å²) in [4.78, 5) is 39.5. The highest BCUT2D eigenvalue weighted by atomic mass is 16.6. The first-order valence-corrected chi connectivity index (χ1v) is 10.5. The van der Waals surface area contributed by atoms with Crippen LogP contribution in [0.3, 0.4) is 0 Å². The van der Waals surface area contributed by atoms with E-state index < -0.39 is 5.60 Å². The quantitative estimate of drug-likeness (QED) is 0.524. The van der Waals surface area contributed by atoms with Crippen LogP contribution in [0.25, 0.3) is 0 Å². The summed E-state index contributed by atoms with van der Waals surface area (Å²) in [5.41, 5.74) is 0.503. The van der Waals surface area contributed by atoms with Crippen molar-refractivity contribution >= 4 is 17.8 Å². The highest BCUT2D eigenvalue weighted by molar-refractivity contribution is 6.21. The number of rotatable bonds is 6. The summed E-state index contributed by atoms with van der Waals surface area (Å²) in [6, 6.07) is 6.91. The third-order valence-corrected chi connectivity index (χ3v) is 5.65. The van der Waals surface area contributed by atoms with Gasteiger partial charge in [0.2, 0.25) is 0 Å². The molecule has 1 aliphatic carbocycles. The van der Waals surface area contributed by atoms with Crippen molar-refractivity contribution in [1.29, 1.82) is 0 Å². The van der Waals surface area contributed by atoms with Gasteiger partial charge in [0, 0.05) is 12.5 Å². The van der Waals surface area contributed by atoms with Crippen LogP contribution in [0.4, 0.5) is 0 Å². The third-order valence-electron chi connectivity index (χ3n) is 5.65. The molecule has 1 aliphatic heterocycles. The second-order valence-electron chi connectivity index (χ2n) is 8.97. The zero-order valence-corrected chi connectivity index (χ0v) is 17.2. The lowest BCUT2D eigenvalue weighted by Crippen LogP contribution is -2.45. The van der Waals surface area contributed by atoms with Crippen molar-refractivity contribution in [3.8, 4) is 0 Å². The molecule has 1 atom stereocenters. The fraction of sp³-hybridized carbons (Fsp3) is 0.609. The summed E-state index contributed by atoms with van der Waals surface area (Å²) in [6.45, 7) is 5.57. The van der Waals surface area contributed by atoms with Crippen molar-refractivity contribution in [1.82, 2.24) is 4.90 Å². The molecule has 1 heterocycles. The van der Waals surface area contributed by atoms with E-state index in [1.165, 1.54) is 11.3 Å². The molecule has 5 nitrogen and oxygen atoms in total. The number of benzene rings is 1. The largest absolute Gasteiger partial charge is 0.460 e. The minimum atomic E-state index is -0.498. The number of nitrogens with zero attached hydrogens (tertiary/aromatic N) is 1. The predicted molar refractivity (Wildman–Crippen MR) is 107 cm³/mol. The summed E-state index contributed by atoms with van der Waals surface area (Å²) >= 11 is 0. The first-order chi connectivity index (χ1) is 13.3. The van der Waals surface area contributed by atoms with Crippen molar-refractivity contribution in [2.75, 3.05) is 0 Å². The summed E-state index contributed by atoms with van der Waals surface area (Å²) in [7, 11) is 0. The third kappa shape index (κ3) is 4.62. The molecule has 2 aliphatic rings. The summed E-state index contributed by atoms with van der Waals surface area (Å²) in [5.74, 6) is -0.284. The van der Waals surface area contributed by atoms with Crippen molar-refractivity contribution in [3.63, 3.8) is 0 Å². The van der Waals surface area contributed by atoms with Gasteiger partial charge in [-0.2, -0.15) is 0 Å². The van der Waals surface area contributed by atoms with Crippen LogP contribution in [-0.4, -0.2) is 34.3 Å². The van der Waals surface area contributed by atoms with E-state index >= 15 is 0 Å². The maximum absolute atomic E-state index is 13.0. The number of imide groups is 1. The van der Waals surface area contributed by atoms with Crippen LogP contribution in [0.15, 0.2) is 24.3 Å². The normalized spacial score (nSPS) is 18.9. The molecule has 1 fully saturated rings. The SMILES string of the molecule is CC(C)(C)OC(=O)CCCC(C1CCCCC1)N1C(=O)c2ccccc2C1=O. The highest BCUT2D eigenvalue weighted by Crippen LogP contribution is 2.35. The molecule has 2 amide bonds. The predicted octanol–water partition coefficient (Wildman–Crippen LogP) is 4.74. The molecule has 1 aromatic carbocycles. The lowest BCUT2D eigenvalue weighted by Gasteiger charge is -2.35. The Morgan fingerprint density at radius 1 is 1.07 bits per heavy atom. The minimum absolute atomic E-state index is 0.143. The monoisotopic (exact) mass is 385 g/mol. The zero-order chi connectivity index (χ0) is 20.3. The molecule has 5 heteroatoms. The molecule has 0 saturated heterocycles. The van der Waals surface area contributed by atoms with Gasteiger partial charge in [-0.05, 0) is 64.5 Å². The number of fused-ring (bicyclic) bond motifs is 1. The Balaban J connectivity index is 1.72. The van der Waals surface area contributed by atoms with Crippen LogP contribution >= 0.6 is 0 Å². The van der Waals surface area contributed by atoms with Gasteiger partial charge in [0.1, 0.15) is 5.60 Å². The molecular weight excluding hydrogens is 354 g/mol. The molecule has 0 bridgehead atoms. The van der Waals surface area contributed by atoms with Gasteiger partial charge in [0.25, 0.3) is 11.8 Å². The first-order valence-electron chi connectivity index (χ1n) is 10.5. The average molecular weight is 386 g/mol. The van der Waals surface area contributed by atoms with Gasteiger partial charge >= 0.3 is 5.97 Å². The molecule has 0 spiro atoms. The smallest absolute Gasteiger partial charge is 0.306 e. The molecule has 1 aromatic rings. The topological polar surface area (TPSA) is 63.7 Å². The van der Waals surface area contributed by atoms with E-state index in [-0.39, 0.29) is 23.8 Å². The number of esters is 1. The van der Waals surface area contributed by atoms with Crippen molar-refractivity contribution < 1.29 is 19.1 Å². The molecule has 1 unspecified atom stereocenters. The number of amides is 2. The second-order valence-corrected chi connectivity index (χ2v) is 8.97. The van der Waals surface area contributed by atoms with E-state index in [0.29, 0.717) is 36.3 Å². The molecular formula is C23H31NO4. The lowest BCUT2D eigenvalue weighted by molar-refractivity contribution is -0.154. The molecule has 0 aromatic heterocycles. The van der Waals surface area contributed by atoms with E-state index in [0.717, 1.165) is 25.7 Å². The van der Waals surface area contributed by atoms with Gasteiger partial charge in [-0.1, -0.05) is 31.4 Å². The summed E-state index contributed by atoms with van der Waals surface area (Å²) in [6.07, 6.45) is 7.12. The Kier molecular flexibility index (Phi) is 6.21. The van der Waals surface area contributed by atoms with Crippen molar-refractivity contribution in [3.05, 3.63) is 35.4 Å². The van der Waals surface area contributed by atoms with Crippen LogP contribution in [0.2, 0.25) is 0 Å². The summed E-state index contributed by atoms with van der Waals surface area (Å²) < 4.78 is 5.40. The highest BCUT2D eigenvalue weighted by Gasteiger charge is 2.42. The molecule has 0 N–H and O–H groups in total. The fourth-order valence-corrected chi connectivity index (χ4v) is 4.45. The number of hydrogen-bond donors (Lipinski definition) is 0. The van der Waals surface area contributed by atoms with Gasteiger partial charge in [0.05, 0.1) is 11.1 Å². The lowest BCUT2D eigenvalue weighted by atomic mass is 9.81. The van der Waals surface area contributed by atoms with E-state index in [1.54, 1.807) is 24.3 Å². The van der Waals surface area contributed by atoms with E-state index in [4.69, 9.17) is 4.74 Å². The molecule has 3 rings (SSSR count). The summed E-state index contributed by atoms with van der Waals surface area (Å²) in [5, 5.41) is 0. The van der Waals surface area contributed by atoms with E-state index in [9.17, 15) is 14.4 Å². The van der Waals surface area contributed by atoms with Crippen LogP contribution < -0.4 is 0 Å². The van der Waals surface area contributed by atoms with Gasteiger partial charge in [0.15, 0.2) is 0 Å². The Labute approximate surface area is 167 Å². The van der Waals surface area contributed by atoms with Crippen LogP contribution in [-0.2, 0) is 9.53 Å². The fourth-order valence-electron chi connectivity index (χ4n) is 4.45. The van der Waals surface area contributed by atoms with Crippen LogP contribution in [0.5, 0.6) is 0 Å². The molecule has 28 heavy (non-hydrogen) atoms. The maximum Gasteiger partial charge on any atom is 0.306 e. The number of carbonyl (C=O) groups is 3. The Bertz CT molecular complexity index is 708.